The van der Waals surface area contributed by atoms with Crippen LogP contribution in [-0.4, -0.2) is 11.9 Å². The third kappa shape index (κ3) is 1.91. The SMILES string of the molecule is CCC/C=C1\OC(=O)C2=C[C@@H]3CC[C@@]21[C@]1(OC(=O)c2ccccc21)[C@H]3CCC. The van der Waals surface area contributed by atoms with E-state index in [4.69, 9.17) is 9.47 Å². The van der Waals surface area contributed by atoms with Gasteiger partial charge < -0.3 is 9.47 Å². The number of rotatable bonds is 4. The first kappa shape index (κ1) is 17.7. The monoisotopic (exact) mass is 378 g/mol. The van der Waals surface area contributed by atoms with Crippen molar-refractivity contribution in [2.24, 2.45) is 17.3 Å². The van der Waals surface area contributed by atoms with Crippen molar-refractivity contribution in [3.05, 3.63) is 58.9 Å². The summed E-state index contributed by atoms with van der Waals surface area (Å²) < 4.78 is 12.2. The third-order valence-electron chi connectivity index (χ3n) is 7.23. The molecule has 2 bridgehead atoms. The molecule has 4 heteroatoms. The van der Waals surface area contributed by atoms with Gasteiger partial charge in [0.05, 0.1) is 11.1 Å². The Morgan fingerprint density at radius 1 is 1.14 bits per heavy atom. The van der Waals surface area contributed by atoms with E-state index in [1.807, 2.05) is 24.3 Å². The molecule has 0 aromatic heterocycles. The molecule has 1 aromatic rings. The van der Waals surface area contributed by atoms with Crippen LogP contribution < -0.4 is 0 Å². The van der Waals surface area contributed by atoms with Gasteiger partial charge >= 0.3 is 11.9 Å². The van der Waals surface area contributed by atoms with Gasteiger partial charge in [-0.3, -0.25) is 0 Å². The fourth-order valence-corrected chi connectivity index (χ4v) is 6.26. The number of allylic oxidation sites excluding steroid dienone is 2. The zero-order valence-electron chi connectivity index (χ0n) is 16.5. The van der Waals surface area contributed by atoms with Crippen molar-refractivity contribution in [2.45, 2.75) is 58.0 Å². The van der Waals surface area contributed by atoms with Crippen molar-refractivity contribution >= 4 is 11.9 Å². The summed E-state index contributed by atoms with van der Waals surface area (Å²) in [7, 11) is 0. The molecule has 3 aliphatic carbocycles. The van der Waals surface area contributed by atoms with Gasteiger partial charge in [-0.2, -0.15) is 0 Å². The maximum absolute atomic E-state index is 13.0. The van der Waals surface area contributed by atoms with Gasteiger partial charge in [0.25, 0.3) is 0 Å². The van der Waals surface area contributed by atoms with Gasteiger partial charge in [0.15, 0.2) is 5.60 Å². The van der Waals surface area contributed by atoms with Crippen molar-refractivity contribution in [3.8, 4) is 0 Å². The summed E-state index contributed by atoms with van der Waals surface area (Å²) in [5.41, 5.74) is 0.766. The summed E-state index contributed by atoms with van der Waals surface area (Å²) in [5, 5.41) is 0. The van der Waals surface area contributed by atoms with Gasteiger partial charge in [0, 0.05) is 11.5 Å². The summed E-state index contributed by atoms with van der Waals surface area (Å²) in [4.78, 5) is 25.9. The number of cyclic esters (lactones) is 1. The Labute approximate surface area is 165 Å². The van der Waals surface area contributed by atoms with E-state index in [1.54, 1.807) is 0 Å². The minimum atomic E-state index is -0.838. The van der Waals surface area contributed by atoms with Gasteiger partial charge in [-0.25, -0.2) is 9.59 Å². The molecule has 1 saturated heterocycles. The molecule has 0 N–H and O–H groups in total. The van der Waals surface area contributed by atoms with Crippen LogP contribution in [0.4, 0.5) is 0 Å². The summed E-state index contributed by atoms with van der Waals surface area (Å²) >= 11 is 0. The van der Waals surface area contributed by atoms with Crippen LogP contribution >= 0.6 is 0 Å². The van der Waals surface area contributed by atoms with Crippen molar-refractivity contribution < 1.29 is 19.1 Å². The second-order valence-corrected chi connectivity index (χ2v) is 8.50. The van der Waals surface area contributed by atoms with Gasteiger partial charge in [-0.15, -0.1) is 0 Å². The molecule has 0 amide bonds. The Morgan fingerprint density at radius 3 is 2.75 bits per heavy atom. The van der Waals surface area contributed by atoms with E-state index < -0.39 is 11.0 Å². The maximum atomic E-state index is 13.0. The van der Waals surface area contributed by atoms with Crippen molar-refractivity contribution in [2.75, 3.05) is 0 Å². The molecule has 2 fully saturated rings. The molecule has 1 saturated carbocycles. The molecule has 6 rings (SSSR count). The molecule has 5 aliphatic rings. The molecule has 2 aliphatic heterocycles. The molecule has 0 radical (unpaired) electrons. The Morgan fingerprint density at radius 2 is 1.96 bits per heavy atom. The first-order valence-electron chi connectivity index (χ1n) is 10.6. The molecular weight excluding hydrogens is 352 g/mol. The number of esters is 2. The molecular formula is C24H26O4. The van der Waals surface area contributed by atoms with Crippen LogP contribution in [0.2, 0.25) is 0 Å². The van der Waals surface area contributed by atoms with Crippen molar-refractivity contribution in [1.29, 1.82) is 0 Å². The number of hydrogen-bond acceptors (Lipinski definition) is 4. The van der Waals surface area contributed by atoms with Crippen LogP contribution in [0.15, 0.2) is 47.7 Å². The summed E-state index contributed by atoms with van der Waals surface area (Å²) in [5.74, 6) is 0.555. The number of benzene rings is 1. The molecule has 4 nitrogen and oxygen atoms in total. The number of carbonyl (C=O) groups is 2. The van der Waals surface area contributed by atoms with E-state index in [2.05, 4.69) is 26.0 Å². The highest BCUT2D eigenvalue weighted by molar-refractivity contribution is 5.99. The third-order valence-corrected chi connectivity index (χ3v) is 7.23. The first-order chi connectivity index (χ1) is 13.6. The smallest absolute Gasteiger partial charge is 0.340 e. The fourth-order valence-electron chi connectivity index (χ4n) is 6.26. The first-order valence-corrected chi connectivity index (χ1v) is 10.6. The van der Waals surface area contributed by atoms with Crippen LogP contribution in [0, 0.1) is 17.3 Å². The molecule has 4 atom stereocenters. The van der Waals surface area contributed by atoms with E-state index >= 15 is 0 Å². The number of ether oxygens (including phenoxy) is 2. The Bertz CT molecular complexity index is 926. The summed E-state index contributed by atoms with van der Waals surface area (Å²) in [6, 6.07) is 7.73. The van der Waals surface area contributed by atoms with Gasteiger partial charge in [0.2, 0.25) is 0 Å². The quantitative estimate of drug-likeness (QED) is 0.688. The Kier molecular flexibility index (Phi) is 3.84. The van der Waals surface area contributed by atoms with Crippen molar-refractivity contribution in [3.63, 3.8) is 0 Å². The number of fused-ring (bicyclic) bond motifs is 2. The predicted octanol–water partition coefficient (Wildman–Crippen LogP) is 5.05. The van der Waals surface area contributed by atoms with E-state index in [0.29, 0.717) is 16.9 Å². The molecule has 28 heavy (non-hydrogen) atoms. The maximum Gasteiger partial charge on any atom is 0.340 e. The number of unbranched alkanes of at least 4 members (excludes halogenated alkanes) is 1. The minimum absolute atomic E-state index is 0.155. The highest BCUT2D eigenvalue weighted by atomic mass is 16.6. The number of carbonyl (C=O) groups excluding carboxylic acids is 2. The zero-order valence-corrected chi connectivity index (χ0v) is 16.5. The van der Waals surface area contributed by atoms with Gasteiger partial charge in [-0.1, -0.05) is 51.0 Å². The van der Waals surface area contributed by atoms with E-state index in [1.165, 1.54) is 0 Å². The molecule has 1 aromatic carbocycles. The largest absolute Gasteiger partial charge is 0.449 e. The van der Waals surface area contributed by atoms with Crippen LogP contribution in [0.3, 0.4) is 0 Å². The second kappa shape index (κ2) is 6.07. The number of hydrogen-bond donors (Lipinski definition) is 0. The predicted molar refractivity (Wildman–Crippen MR) is 104 cm³/mol. The molecule has 2 spiro atoms. The van der Waals surface area contributed by atoms with Crippen LogP contribution in [0.25, 0.3) is 0 Å². The Balaban J connectivity index is 1.83. The average Bonchev–Trinajstić information content (AvgIpc) is 3.17. The average molecular weight is 378 g/mol. The fraction of sp³-hybridized carbons (Fsp3) is 0.500. The van der Waals surface area contributed by atoms with Gasteiger partial charge in [0.1, 0.15) is 11.2 Å². The molecule has 0 unspecified atom stereocenters. The highest BCUT2D eigenvalue weighted by Crippen LogP contribution is 2.72. The normalized spacial score (nSPS) is 36.4. The van der Waals surface area contributed by atoms with Crippen LogP contribution in [-0.2, 0) is 19.9 Å². The van der Waals surface area contributed by atoms with E-state index in [-0.39, 0.29) is 23.8 Å². The van der Waals surface area contributed by atoms with Crippen molar-refractivity contribution in [1.82, 2.24) is 0 Å². The van der Waals surface area contributed by atoms with E-state index in [0.717, 1.165) is 44.1 Å². The lowest BCUT2D eigenvalue weighted by molar-refractivity contribution is -0.152. The minimum Gasteiger partial charge on any atom is -0.449 e. The van der Waals surface area contributed by atoms with Crippen LogP contribution in [0.1, 0.15) is 68.3 Å². The zero-order chi connectivity index (χ0) is 19.5. The summed E-state index contributed by atoms with van der Waals surface area (Å²) in [6.07, 6.45) is 9.74. The molecule has 2 heterocycles. The van der Waals surface area contributed by atoms with Crippen LogP contribution in [0.5, 0.6) is 0 Å². The highest BCUT2D eigenvalue weighted by Gasteiger charge is 2.75. The second-order valence-electron chi connectivity index (χ2n) is 8.50. The summed E-state index contributed by atoms with van der Waals surface area (Å²) in [6.45, 7) is 4.28. The standard InChI is InChI=1S/C24H26O4/c1-3-5-11-20-23-13-12-15(14-19(23)22(26)27-20)17(8-4-2)24(23)18-10-7-6-9-16(18)21(25)28-24/h6-7,9-11,14-15,17H,3-5,8,12-13H2,1-2H3/b20-11-/t15-,17-,23+,24-/m0/s1. The topological polar surface area (TPSA) is 52.6 Å². The molecule has 146 valence electrons. The lowest BCUT2D eigenvalue weighted by atomic mass is 9.46. The van der Waals surface area contributed by atoms with E-state index in [9.17, 15) is 9.59 Å². The Hall–Kier alpha value is -2.36. The van der Waals surface area contributed by atoms with Gasteiger partial charge in [-0.05, 0) is 43.7 Å². The lowest BCUT2D eigenvalue weighted by Crippen LogP contribution is -2.59. The lowest BCUT2D eigenvalue weighted by Gasteiger charge is -2.58.